The fourth-order valence-corrected chi connectivity index (χ4v) is 2.09. The van der Waals surface area contributed by atoms with Crippen LogP contribution in [0.2, 0.25) is 0 Å². The van der Waals surface area contributed by atoms with Crippen LogP contribution in [-0.2, 0) is 16.4 Å². The van der Waals surface area contributed by atoms with Gasteiger partial charge in [-0.15, -0.1) is 5.10 Å². The first kappa shape index (κ1) is 13.1. The van der Waals surface area contributed by atoms with Crippen molar-refractivity contribution in [2.75, 3.05) is 6.26 Å². The molecule has 0 bridgehead atoms. The zero-order chi connectivity index (χ0) is 12.3. The van der Waals surface area contributed by atoms with Crippen molar-refractivity contribution < 1.29 is 8.42 Å². The molecule has 2 unspecified atom stereocenters. The molecule has 0 spiro atoms. The average Bonchev–Trinajstić information content (AvgIpc) is 2.63. The van der Waals surface area contributed by atoms with E-state index in [-0.39, 0.29) is 0 Å². The van der Waals surface area contributed by atoms with Gasteiger partial charge in [0.25, 0.3) is 0 Å². The fraction of sp³-hybridized carbons (Fsp3) is 0.778. The number of rotatable bonds is 5. The van der Waals surface area contributed by atoms with Crippen LogP contribution in [0.15, 0.2) is 6.20 Å². The van der Waals surface area contributed by atoms with Crippen LogP contribution in [-0.4, -0.2) is 34.9 Å². The highest BCUT2D eigenvalue weighted by molar-refractivity contribution is 7.91. The largest absolute Gasteiger partial charge is 0.322 e. The van der Waals surface area contributed by atoms with E-state index in [4.69, 9.17) is 5.73 Å². The summed E-state index contributed by atoms with van der Waals surface area (Å²) in [7, 11) is -3.15. The normalized spacial score (nSPS) is 16.0. The van der Waals surface area contributed by atoms with Crippen LogP contribution in [0.5, 0.6) is 0 Å². The van der Waals surface area contributed by atoms with Gasteiger partial charge in [0.1, 0.15) is 0 Å². The Labute approximate surface area is 95.7 Å². The van der Waals surface area contributed by atoms with E-state index in [0.717, 1.165) is 6.42 Å². The Morgan fingerprint density at radius 1 is 1.56 bits per heavy atom. The summed E-state index contributed by atoms with van der Waals surface area (Å²) in [6, 6.07) is -0.587. The molecule has 0 saturated heterocycles. The van der Waals surface area contributed by atoms with Crippen LogP contribution in [0.4, 0.5) is 0 Å². The topological polar surface area (TPSA) is 90.9 Å². The van der Waals surface area contributed by atoms with E-state index in [0.29, 0.717) is 12.2 Å². The van der Waals surface area contributed by atoms with Crippen molar-refractivity contribution in [1.82, 2.24) is 15.0 Å². The van der Waals surface area contributed by atoms with E-state index in [1.807, 2.05) is 6.92 Å². The fourth-order valence-electron chi connectivity index (χ4n) is 1.42. The Morgan fingerprint density at radius 3 is 2.69 bits per heavy atom. The summed E-state index contributed by atoms with van der Waals surface area (Å²) in [4.78, 5) is 0. The maximum absolute atomic E-state index is 11.4. The van der Waals surface area contributed by atoms with Crippen molar-refractivity contribution in [1.29, 1.82) is 0 Å². The van der Waals surface area contributed by atoms with Crippen molar-refractivity contribution in [2.45, 2.75) is 38.1 Å². The third-order valence-electron chi connectivity index (χ3n) is 2.61. The van der Waals surface area contributed by atoms with Crippen molar-refractivity contribution in [3.8, 4) is 0 Å². The molecule has 0 radical (unpaired) electrons. The molecule has 0 fully saturated rings. The van der Waals surface area contributed by atoms with Crippen molar-refractivity contribution >= 4 is 9.84 Å². The van der Waals surface area contributed by atoms with Gasteiger partial charge in [-0.1, -0.05) is 12.1 Å². The molecule has 2 N–H and O–H groups in total. The predicted molar refractivity (Wildman–Crippen MR) is 61.5 cm³/mol. The van der Waals surface area contributed by atoms with Gasteiger partial charge < -0.3 is 5.73 Å². The molecule has 0 saturated carbocycles. The summed E-state index contributed by atoms with van der Waals surface area (Å²) < 4.78 is 24.5. The number of aromatic nitrogens is 3. The molecule has 0 aliphatic carbocycles. The highest BCUT2D eigenvalue weighted by Crippen LogP contribution is 2.18. The summed E-state index contributed by atoms with van der Waals surface area (Å²) in [6.45, 7) is 4.31. The third kappa shape index (κ3) is 2.79. The second-order valence-electron chi connectivity index (χ2n) is 3.94. The summed E-state index contributed by atoms with van der Waals surface area (Å²) in [6.07, 6.45) is 3.61. The molecule has 16 heavy (non-hydrogen) atoms. The Hall–Kier alpha value is -0.950. The smallest absolute Gasteiger partial charge is 0.151 e. The molecule has 1 heterocycles. The van der Waals surface area contributed by atoms with Crippen LogP contribution in [0.25, 0.3) is 0 Å². The first-order chi connectivity index (χ1) is 7.38. The van der Waals surface area contributed by atoms with Crippen LogP contribution >= 0.6 is 0 Å². The zero-order valence-electron chi connectivity index (χ0n) is 9.79. The minimum absolute atomic E-state index is 0.587. The van der Waals surface area contributed by atoms with Gasteiger partial charge >= 0.3 is 0 Å². The number of nitrogens with zero attached hydrogens (tertiary/aromatic N) is 3. The second-order valence-corrected chi connectivity index (χ2v) is 6.35. The molecule has 2 atom stereocenters. The van der Waals surface area contributed by atoms with Gasteiger partial charge in [0.15, 0.2) is 9.84 Å². The first-order valence-electron chi connectivity index (χ1n) is 5.20. The van der Waals surface area contributed by atoms with Crippen molar-refractivity contribution in [2.24, 2.45) is 5.73 Å². The summed E-state index contributed by atoms with van der Waals surface area (Å²) >= 11 is 0. The maximum Gasteiger partial charge on any atom is 0.151 e. The molecule has 0 aliphatic rings. The van der Waals surface area contributed by atoms with Crippen LogP contribution in [0.1, 0.15) is 32.0 Å². The van der Waals surface area contributed by atoms with Crippen LogP contribution < -0.4 is 5.73 Å². The molecule has 1 aromatic rings. The van der Waals surface area contributed by atoms with Gasteiger partial charge in [-0.3, -0.25) is 0 Å². The van der Waals surface area contributed by atoms with Gasteiger partial charge in [0, 0.05) is 12.8 Å². The lowest BCUT2D eigenvalue weighted by Gasteiger charge is -2.18. The number of nitrogens with two attached hydrogens (primary N) is 1. The molecule has 6 nitrogen and oxygen atoms in total. The summed E-state index contributed by atoms with van der Waals surface area (Å²) in [5.74, 6) is 0. The van der Waals surface area contributed by atoms with Crippen LogP contribution in [0.3, 0.4) is 0 Å². The van der Waals surface area contributed by atoms with Gasteiger partial charge in [0.05, 0.1) is 23.2 Å². The molecule has 0 aliphatic heterocycles. The van der Waals surface area contributed by atoms with Crippen molar-refractivity contribution in [3.63, 3.8) is 0 Å². The molecular weight excluding hydrogens is 228 g/mol. The van der Waals surface area contributed by atoms with E-state index in [1.165, 1.54) is 12.5 Å². The van der Waals surface area contributed by atoms with E-state index in [2.05, 4.69) is 10.3 Å². The quantitative estimate of drug-likeness (QED) is 0.797. The van der Waals surface area contributed by atoms with Crippen molar-refractivity contribution in [3.05, 3.63) is 11.9 Å². The predicted octanol–water partition coefficient (Wildman–Crippen LogP) is 0.121. The highest BCUT2D eigenvalue weighted by Gasteiger charge is 2.26. The van der Waals surface area contributed by atoms with Gasteiger partial charge in [-0.25, -0.2) is 13.1 Å². The second kappa shape index (κ2) is 4.92. The van der Waals surface area contributed by atoms with Gasteiger partial charge in [-0.2, -0.15) is 0 Å². The molecule has 0 aromatic carbocycles. The van der Waals surface area contributed by atoms with E-state index < -0.39 is 21.1 Å². The Morgan fingerprint density at radius 2 is 2.19 bits per heavy atom. The third-order valence-corrected chi connectivity index (χ3v) is 4.25. The zero-order valence-corrected chi connectivity index (χ0v) is 10.6. The lowest BCUT2D eigenvalue weighted by atomic mass is 10.2. The molecule has 0 amide bonds. The SMILES string of the molecule is CCCn1nncc1C(N)C(C)S(C)(=O)=O. The maximum atomic E-state index is 11.4. The lowest BCUT2D eigenvalue weighted by molar-refractivity contribution is 0.512. The standard InChI is InChI=1S/C9H18N4O2S/c1-4-5-13-8(6-11-12-13)9(10)7(2)16(3,14)15/h6-7,9H,4-5,10H2,1-3H3. The average molecular weight is 246 g/mol. The summed E-state index contributed by atoms with van der Waals surface area (Å²) in [5, 5.41) is 7.01. The number of hydrogen-bond acceptors (Lipinski definition) is 5. The van der Waals surface area contributed by atoms with Crippen LogP contribution in [0, 0.1) is 0 Å². The van der Waals surface area contributed by atoms with E-state index in [9.17, 15) is 8.42 Å². The van der Waals surface area contributed by atoms with E-state index >= 15 is 0 Å². The highest BCUT2D eigenvalue weighted by atomic mass is 32.2. The Bertz CT molecular complexity index is 440. The van der Waals surface area contributed by atoms with Gasteiger partial charge in [0.2, 0.25) is 0 Å². The molecule has 1 aromatic heterocycles. The molecule has 1 rings (SSSR count). The number of hydrogen-bond donors (Lipinski definition) is 1. The van der Waals surface area contributed by atoms with E-state index in [1.54, 1.807) is 11.6 Å². The lowest BCUT2D eigenvalue weighted by Crippen LogP contribution is -2.32. The summed E-state index contributed by atoms with van der Waals surface area (Å²) in [5.41, 5.74) is 6.59. The van der Waals surface area contributed by atoms with Gasteiger partial charge in [-0.05, 0) is 13.3 Å². The first-order valence-corrected chi connectivity index (χ1v) is 7.16. The molecule has 92 valence electrons. The Kier molecular flexibility index (Phi) is 4.03. The molecular formula is C9H18N4O2S. The minimum Gasteiger partial charge on any atom is -0.322 e. The number of aryl methyl sites for hydroxylation is 1. The minimum atomic E-state index is -3.15. The molecule has 7 heteroatoms. The Balaban J connectivity index is 2.96. The monoisotopic (exact) mass is 246 g/mol. The number of sulfone groups is 1.